The third-order valence-electron chi connectivity index (χ3n) is 3.63. The molecule has 20 heavy (non-hydrogen) atoms. The van der Waals surface area contributed by atoms with Gasteiger partial charge in [0, 0.05) is 6.54 Å². The van der Waals surface area contributed by atoms with Crippen LogP contribution < -0.4 is 14.8 Å². The molecule has 0 spiro atoms. The van der Waals surface area contributed by atoms with Gasteiger partial charge < -0.3 is 14.8 Å². The van der Waals surface area contributed by atoms with Gasteiger partial charge in [0.15, 0.2) is 11.5 Å². The van der Waals surface area contributed by atoms with Crippen molar-refractivity contribution in [3.05, 3.63) is 23.8 Å². The topological polar surface area (TPSA) is 30.5 Å². The molecule has 1 aromatic carbocycles. The largest absolute Gasteiger partial charge is 0.493 e. The van der Waals surface area contributed by atoms with Gasteiger partial charge in [0.25, 0.3) is 0 Å². The summed E-state index contributed by atoms with van der Waals surface area (Å²) in [5.74, 6) is 5.14. The summed E-state index contributed by atoms with van der Waals surface area (Å²) in [6, 6.07) is 6.16. The molecular weight excluding hydrogens is 270 g/mol. The highest BCUT2D eigenvalue weighted by Crippen LogP contribution is 2.28. The van der Waals surface area contributed by atoms with Gasteiger partial charge in [0.1, 0.15) is 0 Å². The molecule has 1 saturated heterocycles. The van der Waals surface area contributed by atoms with Crippen LogP contribution in [0.15, 0.2) is 18.2 Å². The van der Waals surface area contributed by atoms with Crippen molar-refractivity contribution in [3.63, 3.8) is 0 Å². The van der Waals surface area contributed by atoms with Crippen LogP contribution in [0.1, 0.15) is 25.3 Å². The van der Waals surface area contributed by atoms with Gasteiger partial charge in [-0.2, -0.15) is 11.8 Å². The van der Waals surface area contributed by atoms with Crippen molar-refractivity contribution in [3.8, 4) is 11.5 Å². The van der Waals surface area contributed by atoms with Crippen LogP contribution in [0.25, 0.3) is 0 Å². The van der Waals surface area contributed by atoms with Crippen molar-refractivity contribution >= 4 is 11.8 Å². The molecule has 0 unspecified atom stereocenters. The number of rotatable bonds is 7. The second-order valence-corrected chi connectivity index (χ2v) is 6.33. The van der Waals surface area contributed by atoms with Crippen LogP contribution in [-0.2, 0) is 6.54 Å². The molecule has 1 aromatic rings. The third-order valence-corrected chi connectivity index (χ3v) is 4.68. The Bertz CT molecular complexity index is 405. The zero-order valence-electron chi connectivity index (χ0n) is 12.5. The first-order valence-corrected chi connectivity index (χ1v) is 8.57. The SMILES string of the molecule is CCOc1cc(CNCC2CCSCC2)ccc1OC. The van der Waals surface area contributed by atoms with Gasteiger partial charge in [-0.05, 0) is 61.4 Å². The second kappa shape index (κ2) is 8.42. The maximum absolute atomic E-state index is 5.61. The predicted molar refractivity (Wildman–Crippen MR) is 85.9 cm³/mol. The van der Waals surface area contributed by atoms with Gasteiger partial charge in [-0.1, -0.05) is 6.07 Å². The van der Waals surface area contributed by atoms with Crippen LogP contribution in [0.3, 0.4) is 0 Å². The minimum atomic E-state index is 0.660. The van der Waals surface area contributed by atoms with E-state index in [4.69, 9.17) is 9.47 Å². The van der Waals surface area contributed by atoms with Gasteiger partial charge in [0.05, 0.1) is 13.7 Å². The zero-order valence-corrected chi connectivity index (χ0v) is 13.3. The van der Waals surface area contributed by atoms with Crippen molar-refractivity contribution in [1.82, 2.24) is 5.32 Å². The van der Waals surface area contributed by atoms with E-state index in [0.717, 1.165) is 30.5 Å². The van der Waals surface area contributed by atoms with Crippen LogP contribution in [0.5, 0.6) is 11.5 Å². The molecule has 0 aliphatic carbocycles. The molecule has 0 saturated carbocycles. The maximum atomic E-state index is 5.61. The quantitative estimate of drug-likeness (QED) is 0.836. The molecule has 1 N–H and O–H groups in total. The van der Waals surface area contributed by atoms with Crippen LogP contribution in [-0.4, -0.2) is 31.8 Å². The Morgan fingerprint density at radius 1 is 1.25 bits per heavy atom. The molecule has 0 amide bonds. The predicted octanol–water partition coefficient (Wildman–Crippen LogP) is 3.33. The van der Waals surface area contributed by atoms with Gasteiger partial charge in [-0.15, -0.1) is 0 Å². The highest BCUT2D eigenvalue weighted by molar-refractivity contribution is 7.99. The molecule has 0 atom stereocenters. The van der Waals surface area contributed by atoms with Crippen LogP contribution >= 0.6 is 11.8 Å². The summed E-state index contributed by atoms with van der Waals surface area (Å²) in [4.78, 5) is 0. The number of ether oxygens (including phenoxy) is 2. The summed E-state index contributed by atoms with van der Waals surface area (Å²) in [6.07, 6.45) is 2.70. The molecule has 0 radical (unpaired) electrons. The Morgan fingerprint density at radius 2 is 2.05 bits per heavy atom. The normalized spacial score (nSPS) is 16.1. The number of methoxy groups -OCH3 is 1. The molecular formula is C16H25NO2S. The number of benzene rings is 1. The summed E-state index contributed by atoms with van der Waals surface area (Å²) < 4.78 is 10.9. The Labute approximate surface area is 126 Å². The van der Waals surface area contributed by atoms with Crippen molar-refractivity contribution in [2.45, 2.75) is 26.3 Å². The Morgan fingerprint density at radius 3 is 2.75 bits per heavy atom. The zero-order chi connectivity index (χ0) is 14.2. The maximum Gasteiger partial charge on any atom is 0.161 e. The lowest BCUT2D eigenvalue weighted by Gasteiger charge is -2.21. The summed E-state index contributed by atoms with van der Waals surface area (Å²) >= 11 is 2.08. The minimum absolute atomic E-state index is 0.660. The minimum Gasteiger partial charge on any atom is -0.493 e. The first-order chi connectivity index (χ1) is 9.83. The van der Waals surface area contributed by atoms with E-state index in [0.29, 0.717) is 6.61 Å². The van der Waals surface area contributed by atoms with Gasteiger partial charge in [-0.3, -0.25) is 0 Å². The average molecular weight is 295 g/mol. The van der Waals surface area contributed by atoms with E-state index in [1.54, 1.807) is 7.11 Å². The van der Waals surface area contributed by atoms with Gasteiger partial charge >= 0.3 is 0 Å². The van der Waals surface area contributed by atoms with Crippen molar-refractivity contribution < 1.29 is 9.47 Å². The number of thioether (sulfide) groups is 1. The van der Waals surface area contributed by atoms with E-state index in [2.05, 4.69) is 29.2 Å². The van der Waals surface area contributed by atoms with E-state index in [9.17, 15) is 0 Å². The number of nitrogens with one attached hydrogen (secondary N) is 1. The molecule has 1 heterocycles. The average Bonchev–Trinajstić information content (AvgIpc) is 2.49. The lowest BCUT2D eigenvalue weighted by Crippen LogP contribution is -2.25. The highest BCUT2D eigenvalue weighted by Gasteiger charge is 2.13. The first kappa shape index (κ1) is 15.5. The molecule has 4 heteroatoms. The fraction of sp³-hybridized carbons (Fsp3) is 0.625. The molecule has 1 fully saturated rings. The third kappa shape index (κ3) is 4.60. The highest BCUT2D eigenvalue weighted by atomic mass is 32.2. The Balaban J connectivity index is 1.84. The van der Waals surface area contributed by atoms with Crippen molar-refractivity contribution in [2.24, 2.45) is 5.92 Å². The smallest absolute Gasteiger partial charge is 0.161 e. The molecule has 0 bridgehead atoms. The van der Waals surface area contributed by atoms with E-state index < -0.39 is 0 Å². The van der Waals surface area contributed by atoms with E-state index in [1.807, 2.05) is 13.0 Å². The summed E-state index contributed by atoms with van der Waals surface area (Å²) in [6.45, 7) is 4.67. The molecule has 2 rings (SSSR count). The van der Waals surface area contributed by atoms with Crippen molar-refractivity contribution in [2.75, 3.05) is 31.8 Å². The second-order valence-electron chi connectivity index (χ2n) is 5.10. The monoisotopic (exact) mass is 295 g/mol. The fourth-order valence-electron chi connectivity index (χ4n) is 2.47. The lowest BCUT2D eigenvalue weighted by atomic mass is 10.0. The van der Waals surface area contributed by atoms with Gasteiger partial charge in [0.2, 0.25) is 0 Å². The first-order valence-electron chi connectivity index (χ1n) is 7.41. The summed E-state index contributed by atoms with van der Waals surface area (Å²) in [7, 11) is 1.68. The van der Waals surface area contributed by atoms with E-state index in [-0.39, 0.29) is 0 Å². The standard InChI is InChI=1S/C16H25NO2S/c1-3-19-16-10-14(4-5-15(16)18-2)12-17-11-13-6-8-20-9-7-13/h4-5,10,13,17H,3,6-9,11-12H2,1-2H3. The summed E-state index contributed by atoms with van der Waals surface area (Å²) in [5.41, 5.74) is 1.25. The molecule has 112 valence electrons. The Kier molecular flexibility index (Phi) is 6.54. The van der Waals surface area contributed by atoms with Crippen LogP contribution in [0.4, 0.5) is 0 Å². The number of hydrogen-bond acceptors (Lipinski definition) is 4. The van der Waals surface area contributed by atoms with E-state index >= 15 is 0 Å². The lowest BCUT2D eigenvalue weighted by molar-refractivity contribution is 0.310. The van der Waals surface area contributed by atoms with Crippen LogP contribution in [0.2, 0.25) is 0 Å². The Hall–Kier alpha value is -0.870. The van der Waals surface area contributed by atoms with Crippen molar-refractivity contribution in [1.29, 1.82) is 0 Å². The van der Waals surface area contributed by atoms with Gasteiger partial charge in [-0.25, -0.2) is 0 Å². The summed E-state index contributed by atoms with van der Waals surface area (Å²) in [5, 5.41) is 3.57. The van der Waals surface area contributed by atoms with Crippen LogP contribution in [0, 0.1) is 5.92 Å². The molecule has 3 nitrogen and oxygen atoms in total. The fourth-order valence-corrected chi connectivity index (χ4v) is 3.67. The molecule has 1 aliphatic heterocycles. The molecule has 1 aliphatic rings. The molecule has 0 aromatic heterocycles. The van der Waals surface area contributed by atoms with E-state index in [1.165, 1.54) is 29.9 Å². The number of hydrogen-bond donors (Lipinski definition) is 1.